The van der Waals surface area contributed by atoms with E-state index in [0.717, 1.165) is 44.3 Å². The number of thiophene rings is 1. The Morgan fingerprint density at radius 3 is 2.59 bits per heavy atom. The average molecular weight is 384 g/mol. The molecule has 2 fully saturated rings. The van der Waals surface area contributed by atoms with E-state index in [1.54, 1.807) is 23.5 Å². The second-order valence-corrected chi connectivity index (χ2v) is 8.80. The Morgan fingerprint density at radius 2 is 1.93 bits per heavy atom. The molecule has 2 aromatic rings. The highest BCUT2D eigenvalue weighted by molar-refractivity contribution is 7.10. The quantitative estimate of drug-likeness (QED) is 0.836. The van der Waals surface area contributed by atoms with E-state index in [4.69, 9.17) is 0 Å². The predicted octanol–water partition coefficient (Wildman–Crippen LogP) is 4.34. The molecule has 1 aromatic carbocycles. The molecule has 2 heterocycles. The summed E-state index contributed by atoms with van der Waals surface area (Å²) in [5.74, 6) is 0.507. The number of carboxylic acid groups (broad SMARTS) is 1. The molecule has 1 aromatic heterocycles. The molecule has 142 valence electrons. The number of rotatable bonds is 5. The maximum absolute atomic E-state index is 12.8. The number of carbonyl (C=O) groups excluding carboxylic acids is 1. The number of hydrogen-bond acceptors (Lipinski definition) is 3. The van der Waals surface area contributed by atoms with Crippen molar-refractivity contribution in [2.75, 3.05) is 13.1 Å². The number of piperidine rings is 1. The van der Waals surface area contributed by atoms with Gasteiger partial charge in [-0.1, -0.05) is 18.2 Å². The lowest BCUT2D eigenvalue weighted by Gasteiger charge is -2.32. The van der Waals surface area contributed by atoms with E-state index in [9.17, 15) is 14.7 Å². The summed E-state index contributed by atoms with van der Waals surface area (Å²) in [6.45, 7) is 3.73. The van der Waals surface area contributed by atoms with Crippen molar-refractivity contribution in [2.24, 2.45) is 11.8 Å². The lowest BCUT2D eigenvalue weighted by Crippen LogP contribution is -2.40. The summed E-state index contributed by atoms with van der Waals surface area (Å²) in [6.07, 6.45) is 3.68. The molecule has 1 amide bonds. The summed E-state index contributed by atoms with van der Waals surface area (Å²) >= 11 is 1.77. The van der Waals surface area contributed by atoms with Crippen LogP contribution in [-0.2, 0) is 11.2 Å². The summed E-state index contributed by atoms with van der Waals surface area (Å²) < 4.78 is 0. The van der Waals surface area contributed by atoms with Crippen molar-refractivity contribution < 1.29 is 14.7 Å². The van der Waals surface area contributed by atoms with Gasteiger partial charge in [-0.05, 0) is 67.2 Å². The number of likely N-dealkylation sites (tertiary alicyclic amines) is 1. The number of amides is 1. The zero-order valence-corrected chi connectivity index (χ0v) is 16.4. The average Bonchev–Trinajstić information content (AvgIpc) is 3.35. The number of aryl methyl sites for hydroxylation is 1. The molecule has 2 atom stereocenters. The largest absolute Gasteiger partial charge is 0.478 e. The van der Waals surface area contributed by atoms with Crippen molar-refractivity contribution in [2.45, 2.75) is 38.5 Å². The maximum Gasteiger partial charge on any atom is 0.335 e. The molecule has 27 heavy (non-hydrogen) atoms. The van der Waals surface area contributed by atoms with Crippen molar-refractivity contribution in [3.63, 3.8) is 0 Å². The molecule has 0 spiro atoms. The van der Waals surface area contributed by atoms with Crippen molar-refractivity contribution in [1.29, 1.82) is 0 Å². The Kier molecular flexibility index (Phi) is 5.04. The van der Waals surface area contributed by atoms with Gasteiger partial charge in [-0.25, -0.2) is 4.79 Å². The van der Waals surface area contributed by atoms with Crippen molar-refractivity contribution in [1.82, 2.24) is 4.90 Å². The summed E-state index contributed by atoms with van der Waals surface area (Å²) in [5.41, 5.74) is 2.63. The molecule has 1 N–H and O–H groups in total. The summed E-state index contributed by atoms with van der Waals surface area (Å²) in [5, 5.41) is 11.5. The SMILES string of the molecule is Cc1ccsc1C1CC1C(=O)N1CCC(Cc2ccccc2C(=O)O)CC1. The minimum atomic E-state index is -0.859. The Morgan fingerprint density at radius 1 is 1.19 bits per heavy atom. The molecule has 1 saturated heterocycles. The molecule has 1 saturated carbocycles. The van der Waals surface area contributed by atoms with Crippen LogP contribution in [0.25, 0.3) is 0 Å². The van der Waals surface area contributed by atoms with Crippen molar-refractivity contribution in [3.8, 4) is 0 Å². The number of aromatic carboxylic acids is 1. The van der Waals surface area contributed by atoms with Gasteiger partial charge in [0.25, 0.3) is 0 Å². The summed E-state index contributed by atoms with van der Waals surface area (Å²) in [7, 11) is 0. The molecule has 0 bridgehead atoms. The topological polar surface area (TPSA) is 57.6 Å². The lowest BCUT2D eigenvalue weighted by atomic mass is 9.88. The van der Waals surface area contributed by atoms with Crippen LogP contribution in [0.2, 0.25) is 0 Å². The van der Waals surface area contributed by atoms with Gasteiger partial charge in [0.1, 0.15) is 0 Å². The summed E-state index contributed by atoms with van der Waals surface area (Å²) in [4.78, 5) is 27.6. The van der Waals surface area contributed by atoms with Gasteiger partial charge in [0.05, 0.1) is 5.56 Å². The molecular formula is C22H25NO3S. The highest BCUT2D eigenvalue weighted by atomic mass is 32.1. The molecule has 4 nitrogen and oxygen atoms in total. The highest BCUT2D eigenvalue weighted by Gasteiger charge is 2.47. The van der Waals surface area contributed by atoms with Crippen LogP contribution in [-0.4, -0.2) is 35.0 Å². The van der Waals surface area contributed by atoms with Crippen LogP contribution in [0.3, 0.4) is 0 Å². The predicted molar refractivity (Wildman–Crippen MR) is 106 cm³/mol. The van der Waals surface area contributed by atoms with Crippen LogP contribution in [0.15, 0.2) is 35.7 Å². The smallest absolute Gasteiger partial charge is 0.335 e. The van der Waals surface area contributed by atoms with Crippen LogP contribution in [0.4, 0.5) is 0 Å². The zero-order valence-electron chi connectivity index (χ0n) is 15.6. The van der Waals surface area contributed by atoms with Gasteiger partial charge in [0, 0.05) is 29.8 Å². The van der Waals surface area contributed by atoms with E-state index in [1.165, 1.54) is 10.4 Å². The van der Waals surface area contributed by atoms with Crippen LogP contribution < -0.4 is 0 Å². The normalized spacial score (nSPS) is 22.6. The van der Waals surface area contributed by atoms with E-state index >= 15 is 0 Å². The van der Waals surface area contributed by atoms with E-state index in [2.05, 4.69) is 18.4 Å². The number of nitrogens with zero attached hydrogens (tertiary/aromatic N) is 1. The number of carboxylic acids is 1. The molecule has 5 heteroatoms. The Balaban J connectivity index is 1.31. The van der Waals surface area contributed by atoms with Crippen LogP contribution in [0, 0.1) is 18.8 Å². The second kappa shape index (κ2) is 7.47. The number of hydrogen-bond donors (Lipinski definition) is 1. The first-order valence-corrected chi connectivity index (χ1v) is 10.6. The van der Waals surface area contributed by atoms with Gasteiger partial charge in [0.2, 0.25) is 5.91 Å². The Bertz CT molecular complexity index is 851. The lowest BCUT2D eigenvalue weighted by molar-refractivity contribution is -0.134. The fourth-order valence-electron chi connectivity index (χ4n) is 4.33. The molecule has 0 radical (unpaired) electrons. The molecular weight excluding hydrogens is 358 g/mol. The third kappa shape index (κ3) is 3.79. The van der Waals surface area contributed by atoms with Gasteiger partial charge in [-0.3, -0.25) is 4.79 Å². The fourth-order valence-corrected chi connectivity index (χ4v) is 5.44. The van der Waals surface area contributed by atoms with Crippen molar-refractivity contribution in [3.05, 3.63) is 57.3 Å². The van der Waals surface area contributed by atoms with Gasteiger partial charge in [-0.2, -0.15) is 0 Å². The Labute approximate surface area is 163 Å². The maximum atomic E-state index is 12.8. The Hall–Kier alpha value is -2.14. The number of benzene rings is 1. The minimum Gasteiger partial charge on any atom is -0.478 e. The van der Waals surface area contributed by atoms with Gasteiger partial charge >= 0.3 is 5.97 Å². The first kappa shape index (κ1) is 18.2. The molecule has 1 aliphatic carbocycles. The van der Waals surface area contributed by atoms with Crippen molar-refractivity contribution >= 4 is 23.2 Å². The highest BCUT2D eigenvalue weighted by Crippen LogP contribution is 2.51. The first-order chi connectivity index (χ1) is 13.0. The fraction of sp³-hybridized carbons (Fsp3) is 0.455. The van der Waals surface area contributed by atoms with Crippen LogP contribution in [0.1, 0.15) is 51.5 Å². The first-order valence-electron chi connectivity index (χ1n) is 9.68. The standard InChI is InChI=1S/C22H25NO3S/c1-14-8-11-27-20(14)18-13-19(18)21(24)23-9-6-15(7-10-23)12-16-4-2-3-5-17(16)22(25)26/h2-5,8,11,15,18-19H,6-7,9-10,12-13H2,1H3,(H,25,26). The number of carbonyl (C=O) groups is 2. The van der Waals surface area contributed by atoms with E-state index in [1.807, 2.05) is 17.0 Å². The third-order valence-electron chi connectivity index (χ3n) is 6.03. The monoisotopic (exact) mass is 383 g/mol. The summed E-state index contributed by atoms with van der Waals surface area (Å²) in [6, 6.07) is 9.41. The molecule has 1 aliphatic heterocycles. The molecule has 4 rings (SSSR count). The van der Waals surface area contributed by atoms with Gasteiger partial charge < -0.3 is 10.0 Å². The molecule has 2 aliphatic rings. The van der Waals surface area contributed by atoms with Crippen LogP contribution in [0.5, 0.6) is 0 Å². The zero-order chi connectivity index (χ0) is 19.0. The van der Waals surface area contributed by atoms with E-state index in [-0.39, 0.29) is 5.92 Å². The van der Waals surface area contributed by atoms with Crippen LogP contribution >= 0.6 is 11.3 Å². The second-order valence-electron chi connectivity index (χ2n) is 7.85. The van der Waals surface area contributed by atoms with Gasteiger partial charge in [0.15, 0.2) is 0 Å². The van der Waals surface area contributed by atoms with E-state index in [0.29, 0.717) is 23.3 Å². The van der Waals surface area contributed by atoms with E-state index < -0.39 is 5.97 Å². The molecule has 2 unspecified atom stereocenters. The minimum absolute atomic E-state index is 0.173. The third-order valence-corrected chi connectivity index (χ3v) is 7.18. The van der Waals surface area contributed by atoms with Gasteiger partial charge in [-0.15, -0.1) is 11.3 Å².